The van der Waals surface area contributed by atoms with Crippen LogP contribution in [0.3, 0.4) is 0 Å². The van der Waals surface area contributed by atoms with Crippen molar-refractivity contribution in [3.8, 4) is 0 Å². The number of hydrogen-bond donors (Lipinski definition) is 1. The first-order chi connectivity index (χ1) is 10.3. The van der Waals surface area contributed by atoms with E-state index in [0.29, 0.717) is 0 Å². The van der Waals surface area contributed by atoms with Crippen molar-refractivity contribution < 1.29 is 4.42 Å². The monoisotopic (exact) mass is 284 g/mol. The average molecular weight is 284 g/mol. The van der Waals surface area contributed by atoms with Gasteiger partial charge in [0.15, 0.2) is 0 Å². The maximum atomic E-state index is 5.52. The van der Waals surface area contributed by atoms with Crippen LogP contribution in [0.4, 0.5) is 11.4 Å². The molecule has 1 N–H and O–H groups in total. The molecular formula is C18H24N2O. The van der Waals surface area contributed by atoms with E-state index in [1.165, 1.54) is 55.7 Å². The molecule has 112 valence electrons. The lowest BCUT2D eigenvalue weighted by Crippen LogP contribution is -2.24. The van der Waals surface area contributed by atoms with Crippen molar-refractivity contribution in [1.82, 2.24) is 0 Å². The molecule has 0 aliphatic carbocycles. The van der Waals surface area contributed by atoms with Gasteiger partial charge in [-0.15, -0.1) is 0 Å². The predicted molar refractivity (Wildman–Crippen MR) is 87.9 cm³/mol. The number of hydrogen-bond acceptors (Lipinski definition) is 3. The van der Waals surface area contributed by atoms with Gasteiger partial charge in [-0.2, -0.15) is 0 Å². The predicted octanol–water partition coefficient (Wildman–Crippen LogP) is 4.58. The first-order valence-electron chi connectivity index (χ1n) is 7.95. The van der Waals surface area contributed by atoms with Crippen LogP contribution in [0.2, 0.25) is 0 Å². The largest absolute Gasteiger partial charge is 0.467 e. The molecule has 1 aromatic heterocycles. The van der Waals surface area contributed by atoms with E-state index in [-0.39, 0.29) is 0 Å². The number of aryl methyl sites for hydroxylation is 1. The molecule has 2 heterocycles. The van der Waals surface area contributed by atoms with Crippen LogP contribution in [-0.4, -0.2) is 13.1 Å². The van der Waals surface area contributed by atoms with Gasteiger partial charge in [0, 0.05) is 13.1 Å². The molecule has 0 spiro atoms. The summed E-state index contributed by atoms with van der Waals surface area (Å²) in [7, 11) is 0. The maximum Gasteiger partial charge on any atom is 0.125 e. The van der Waals surface area contributed by atoms with Gasteiger partial charge in [0.1, 0.15) is 5.76 Å². The van der Waals surface area contributed by atoms with Crippen molar-refractivity contribution in [3.05, 3.63) is 47.9 Å². The van der Waals surface area contributed by atoms with Gasteiger partial charge in [0.05, 0.1) is 24.2 Å². The van der Waals surface area contributed by atoms with Crippen molar-refractivity contribution in [2.75, 3.05) is 23.3 Å². The molecule has 1 aromatic carbocycles. The molecule has 0 bridgehead atoms. The van der Waals surface area contributed by atoms with E-state index in [1.54, 1.807) is 6.26 Å². The summed E-state index contributed by atoms with van der Waals surface area (Å²) in [6, 6.07) is 10.6. The first-order valence-corrected chi connectivity index (χ1v) is 7.95. The molecule has 2 aromatic rings. The van der Waals surface area contributed by atoms with E-state index >= 15 is 0 Å². The lowest BCUT2D eigenvalue weighted by molar-refractivity contribution is 0.515. The Morgan fingerprint density at radius 2 is 1.81 bits per heavy atom. The van der Waals surface area contributed by atoms with Gasteiger partial charge in [-0.1, -0.05) is 25.0 Å². The average Bonchev–Trinajstić information content (AvgIpc) is 2.77. The minimum Gasteiger partial charge on any atom is -0.467 e. The van der Waals surface area contributed by atoms with E-state index in [2.05, 4.69) is 41.4 Å². The summed E-state index contributed by atoms with van der Waals surface area (Å²) in [5.74, 6) is 1.01. The highest BCUT2D eigenvalue weighted by atomic mass is 16.3. The molecular weight excluding hydrogens is 260 g/mol. The van der Waals surface area contributed by atoms with Crippen LogP contribution in [0.1, 0.15) is 37.0 Å². The molecule has 1 aliphatic rings. The van der Waals surface area contributed by atoms with E-state index < -0.39 is 0 Å². The molecule has 0 unspecified atom stereocenters. The summed E-state index contributed by atoms with van der Waals surface area (Å²) in [5.41, 5.74) is 3.73. The summed E-state index contributed by atoms with van der Waals surface area (Å²) < 4.78 is 5.52. The molecule has 3 nitrogen and oxygen atoms in total. The van der Waals surface area contributed by atoms with E-state index in [0.717, 1.165) is 12.3 Å². The number of rotatable bonds is 4. The number of nitrogens with zero attached hydrogens (tertiary/aromatic N) is 1. The smallest absolute Gasteiger partial charge is 0.125 e. The van der Waals surface area contributed by atoms with Crippen molar-refractivity contribution in [2.24, 2.45) is 0 Å². The van der Waals surface area contributed by atoms with Gasteiger partial charge in [-0.3, -0.25) is 0 Å². The number of nitrogens with one attached hydrogen (secondary N) is 1. The second-order valence-electron chi connectivity index (χ2n) is 5.80. The number of benzene rings is 1. The Labute approximate surface area is 127 Å². The van der Waals surface area contributed by atoms with E-state index in [9.17, 15) is 0 Å². The molecule has 0 atom stereocenters. The summed E-state index contributed by atoms with van der Waals surface area (Å²) in [6.45, 7) is 5.15. The zero-order valence-electron chi connectivity index (χ0n) is 12.8. The third-order valence-electron chi connectivity index (χ3n) is 4.26. The van der Waals surface area contributed by atoms with Crippen molar-refractivity contribution >= 4 is 11.4 Å². The van der Waals surface area contributed by atoms with Crippen LogP contribution >= 0.6 is 0 Å². The maximum absolute atomic E-state index is 5.52. The fourth-order valence-electron chi connectivity index (χ4n) is 2.97. The Bertz CT molecular complexity index is 568. The Hall–Kier alpha value is -1.90. The summed E-state index contributed by atoms with van der Waals surface area (Å²) >= 11 is 0. The molecule has 3 rings (SSSR count). The SMILES string of the molecule is Cc1ccoc1CNc1ccccc1N1CCCCCC1. The van der Waals surface area contributed by atoms with Crippen molar-refractivity contribution in [2.45, 2.75) is 39.2 Å². The van der Waals surface area contributed by atoms with Crippen LogP contribution in [0.25, 0.3) is 0 Å². The zero-order chi connectivity index (χ0) is 14.5. The van der Waals surface area contributed by atoms with Crippen LogP contribution < -0.4 is 10.2 Å². The topological polar surface area (TPSA) is 28.4 Å². The minimum atomic E-state index is 0.740. The van der Waals surface area contributed by atoms with Crippen molar-refractivity contribution in [1.29, 1.82) is 0 Å². The molecule has 0 radical (unpaired) electrons. The highest BCUT2D eigenvalue weighted by Crippen LogP contribution is 2.28. The third kappa shape index (κ3) is 3.41. The van der Waals surface area contributed by atoms with E-state index in [4.69, 9.17) is 4.42 Å². The third-order valence-corrected chi connectivity index (χ3v) is 4.26. The second-order valence-corrected chi connectivity index (χ2v) is 5.80. The zero-order valence-corrected chi connectivity index (χ0v) is 12.8. The van der Waals surface area contributed by atoms with Crippen LogP contribution in [0, 0.1) is 6.92 Å². The van der Waals surface area contributed by atoms with E-state index in [1.807, 2.05) is 6.07 Å². The number of furan rings is 1. The van der Waals surface area contributed by atoms with Gasteiger partial charge >= 0.3 is 0 Å². The highest BCUT2D eigenvalue weighted by molar-refractivity contribution is 5.70. The molecule has 1 saturated heterocycles. The van der Waals surface area contributed by atoms with Gasteiger partial charge in [0.2, 0.25) is 0 Å². The fourth-order valence-corrected chi connectivity index (χ4v) is 2.97. The Morgan fingerprint density at radius 1 is 1.05 bits per heavy atom. The van der Waals surface area contributed by atoms with Gasteiger partial charge < -0.3 is 14.6 Å². The second kappa shape index (κ2) is 6.70. The van der Waals surface area contributed by atoms with Crippen LogP contribution in [0.5, 0.6) is 0 Å². The fraction of sp³-hybridized carbons (Fsp3) is 0.444. The summed E-state index contributed by atoms with van der Waals surface area (Å²) in [5, 5.41) is 3.54. The van der Waals surface area contributed by atoms with Gasteiger partial charge in [-0.25, -0.2) is 0 Å². The lowest BCUT2D eigenvalue weighted by atomic mass is 10.2. The Balaban J connectivity index is 1.74. The highest BCUT2D eigenvalue weighted by Gasteiger charge is 2.13. The number of anilines is 2. The molecule has 0 saturated carbocycles. The summed E-state index contributed by atoms with van der Waals surface area (Å²) in [6.07, 6.45) is 7.07. The van der Waals surface area contributed by atoms with Crippen LogP contribution in [-0.2, 0) is 6.54 Å². The molecule has 0 amide bonds. The standard InChI is InChI=1S/C18H24N2O/c1-15-10-13-21-18(15)14-19-16-8-4-5-9-17(16)20-11-6-2-3-7-12-20/h4-5,8-10,13,19H,2-3,6-7,11-12,14H2,1H3. The lowest BCUT2D eigenvalue weighted by Gasteiger charge is -2.25. The normalized spacial score (nSPS) is 15.8. The molecule has 1 aliphatic heterocycles. The molecule has 1 fully saturated rings. The van der Waals surface area contributed by atoms with Gasteiger partial charge in [-0.05, 0) is 43.5 Å². The van der Waals surface area contributed by atoms with Crippen molar-refractivity contribution in [3.63, 3.8) is 0 Å². The quantitative estimate of drug-likeness (QED) is 0.890. The first kappa shape index (κ1) is 14.1. The molecule has 21 heavy (non-hydrogen) atoms. The van der Waals surface area contributed by atoms with Crippen LogP contribution in [0.15, 0.2) is 41.0 Å². The number of para-hydroxylation sites is 2. The Morgan fingerprint density at radius 3 is 2.52 bits per heavy atom. The minimum absolute atomic E-state index is 0.740. The van der Waals surface area contributed by atoms with Gasteiger partial charge in [0.25, 0.3) is 0 Å². The molecule has 3 heteroatoms. The summed E-state index contributed by atoms with van der Waals surface area (Å²) in [4.78, 5) is 2.52. The Kier molecular flexibility index (Phi) is 4.49.